The van der Waals surface area contributed by atoms with Crippen LogP contribution in [0.4, 0.5) is 0 Å². The van der Waals surface area contributed by atoms with E-state index in [1.165, 1.54) is 6.08 Å². The zero-order valence-corrected chi connectivity index (χ0v) is 10.5. The molecule has 0 radical (unpaired) electrons. The average molecular weight is 254 g/mol. The first-order valence-electron chi connectivity index (χ1n) is 5.85. The third-order valence-corrected chi connectivity index (χ3v) is 2.75. The molecule has 0 aliphatic carbocycles. The summed E-state index contributed by atoms with van der Waals surface area (Å²) in [5, 5.41) is 9.01. The van der Waals surface area contributed by atoms with E-state index in [2.05, 4.69) is 0 Å². The number of carbonyl (C=O) groups is 1. The first-order valence-corrected chi connectivity index (χ1v) is 5.85. The summed E-state index contributed by atoms with van der Waals surface area (Å²) in [5.74, 6) is -0.221. The largest absolute Gasteiger partial charge is 0.497 e. The van der Waals surface area contributed by atoms with Gasteiger partial charge in [-0.3, -0.25) is 0 Å². The Morgan fingerprint density at radius 1 is 1.00 bits per heavy atom. The maximum Gasteiger partial charge on any atom is 0.328 e. The Labute approximate surface area is 111 Å². The second-order valence-corrected chi connectivity index (χ2v) is 3.99. The molecule has 2 rings (SSSR count). The zero-order valence-electron chi connectivity index (χ0n) is 10.5. The monoisotopic (exact) mass is 254 g/mol. The molecular weight excluding hydrogens is 240 g/mol. The van der Waals surface area contributed by atoms with E-state index in [0.29, 0.717) is 5.57 Å². The molecule has 0 aromatic heterocycles. The quantitative estimate of drug-likeness (QED) is 0.852. The fourth-order valence-electron chi connectivity index (χ4n) is 1.85. The van der Waals surface area contributed by atoms with E-state index in [1.807, 2.05) is 54.6 Å². The molecule has 0 unspecified atom stereocenters. The number of rotatable bonds is 4. The van der Waals surface area contributed by atoms with E-state index in [0.717, 1.165) is 16.9 Å². The highest BCUT2D eigenvalue weighted by molar-refractivity contribution is 5.95. The van der Waals surface area contributed by atoms with Gasteiger partial charge in [0.25, 0.3) is 0 Å². The number of carboxylic acids is 1. The highest BCUT2D eigenvalue weighted by Crippen LogP contribution is 2.25. The lowest BCUT2D eigenvalue weighted by Gasteiger charge is -2.08. The molecule has 0 atom stereocenters. The van der Waals surface area contributed by atoms with Gasteiger partial charge in [-0.15, -0.1) is 0 Å². The number of hydrogen-bond donors (Lipinski definition) is 1. The van der Waals surface area contributed by atoms with Crippen molar-refractivity contribution in [3.05, 3.63) is 71.8 Å². The summed E-state index contributed by atoms with van der Waals surface area (Å²) in [6.07, 6.45) is 1.22. The van der Waals surface area contributed by atoms with Crippen LogP contribution in [0.1, 0.15) is 11.1 Å². The maximum atomic E-state index is 11.0. The molecule has 0 aliphatic heterocycles. The smallest absolute Gasteiger partial charge is 0.328 e. The summed E-state index contributed by atoms with van der Waals surface area (Å²) in [7, 11) is 1.60. The first kappa shape index (κ1) is 12.9. The molecule has 0 saturated carbocycles. The molecule has 3 heteroatoms. The van der Waals surface area contributed by atoms with Gasteiger partial charge in [0, 0.05) is 6.08 Å². The van der Waals surface area contributed by atoms with Gasteiger partial charge in [0.1, 0.15) is 5.75 Å². The molecule has 2 aromatic rings. The van der Waals surface area contributed by atoms with Crippen molar-refractivity contribution in [3.63, 3.8) is 0 Å². The number of methoxy groups -OCH3 is 1. The van der Waals surface area contributed by atoms with E-state index in [9.17, 15) is 4.79 Å². The van der Waals surface area contributed by atoms with Crippen LogP contribution in [-0.2, 0) is 4.79 Å². The maximum absolute atomic E-state index is 11.0. The van der Waals surface area contributed by atoms with E-state index in [1.54, 1.807) is 7.11 Å². The second-order valence-electron chi connectivity index (χ2n) is 3.99. The Morgan fingerprint density at radius 2 is 1.58 bits per heavy atom. The Hall–Kier alpha value is -2.55. The number of aliphatic carboxylic acids is 1. The van der Waals surface area contributed by atoms with Gasteiger partial charge in [-0.2, -0.15) is 0 Å². The minimum atomic E-state index is -0.963. The first-order chi connectivity index (χ1) is 9.20. The molecule has 0 amide bonds. The molecular formula is C16H14O3. The van der Waals surface area contributed by atoms with E-state index in [4.69, 9.17) is 9.84 Å². The lowest BCUT2D eigenvalue weighted by atomic mass is 9.97. The molecule has 0 fully saturated rings. The van der Waals surface area contributed by atoms with Crippen LogP contribution in [0.25, 0.3) is 5.57 Å². The summed E-state index contributed by atoms with van der Waals surface area (Å²) in [6.45, 7) is 0. The van der Waals surface area contributed by atoms with Gasteiger partial charge in [-0.05, 0) is 28.8 Å². The van der Waals surface area contributed by atoms with Gasteiger partial charge < -0.3 is 9.84 Å². The van der Waals surface area contributed by atoms with Crippen molar-refractivity contribution in [2.45, 2.75) is 0 Å². The molecule has 3 nitrogen and oxygen atoms in total. The average Bonchev–Trinajstić information content (AvgIpc) is 2.46. The van der Waals surface area contributed by atoms with Crippen LogP contribution in [-0.4, -0.2) is 18.2 Å². The van der Waals surface area contributed by atoms with Gasteiger partial charge in [0.2, 0.25) is 0 Å². The van der Waals surface area contributed by atoms with Crippen LogP contribution in [0, 0.1) is 0 Å². The van der Waals surface area contributed by atoms with Gasteiger partial charge in [0.05, 0.1) is 7.11 Å². The van der Waals surface area contributed by atoms with Crippen molar-refractivity contribution < 1.29 is 14.6 Å². The van der Waals surface area contributed by atoms with Crippen molar-refractivity contribution in [1.82, 2.24) is 0 Å². The Balaban J connectivity index is 2.46. The van der Waals surface area contributed by atoms with Crippen LogP contribution < -0.4 is 4.74 Å². The van der Waals surface area contributed by atoms with Crippen molar-refractivity contribution >= 4 is 11.5 Å². The van der Waals surface area contributed by atoms with E-state index >= 15 is 0 Å². The zero-order chi connectivity index (χ0) is 13.7. The Morgan fingerprint density at radius 3 is 2.11 bits per heavy atom. The van der Waals surface area contributed by atoms with Crippen molar-refractivity contribution in [3.8, 4) is 5.75 Å². The molecule has 2 aromatic carbocycles. The van der Waals surface area contributed by atoms with Crippen LogP contribution in [0.3, 0.4) is 0 Å². The van der Waals surface area contributed by atoms with Crippen LogP contribution in [0.2, 0.25) is 0 Å². The van der Waals surface area contributed by atoms with Crippen molar-refractivity contribution in [1.29, 1.82) is 0 Å². The van der Waals surface area contributed by atoms with Gasteiger partial charge in [-0.1, -0.05) is 42.5 Å². The molecule has 0 spiro atoms. The van der Waals surface area contributed by atoms with Gasteiger partial charge in [0.15, 0.2) is 0 Å². The summed E-state index contributed by atoms with van der Waals surface area (Å²) in [4.78, 5) is 11.0. The minimum absolute atomic E-state index is 0.677. The van der Waals surface area contributed by atoms with Crippen LogP contribution in [0.5, 0.6) is 5.75 Å². The topological polar surface area (TPSA) is 46.5 Å². The fourth-order valence-corrected chi connectivity index (χ4v) is 1.85. The van der Waals surface area contributed by atoms with Gasteiger partial charge in [-0.25, -0.2) is 4.79 Å². The Bertz CT molecular complexity index is 583. The number of carboxylic acid groups (broad SMARTS) is 1. The Kier molecular flexibility index (Phi) is 3.98. The molecule has 19 heavy (non-hydrogen) atoms. The third-order valence-electron chi connectivity index (χ3n) is 2.75. The number of benzene rings is 2. The molecule has 0 saturated heterocycles. The predicted molar refractivity (Wildman–Crippen MR) is 74.2 cm³/mol. The van der Waals surface area contributed by atoms with Crippen LogP contribution >= 0.6 is 0 Å². The van der Waals surface area contributed by atoms with Crippen molar-refractivity contribution in [2.75, 3.05) is 7.11 Å². The lowest BCUT2D eigenvalue weighted by Crippen LogP contribution is -1.95. The highest BCUT2D eigenvalue weighted by atomic mass is 16.5. The van der Waals surface area contributed by atoms with E-state index in [-0.39, 0.29) is 0 Å². The molecule has 1 N–H and O–H groups in total. The normalized spacial score (nSPS) is 11.1. The lowest BCUT2D eigenvalue weighted by molar-refractivity contribution is -0.131. The molecule has 0 heterocycles. The summed E-state index contributed by atoms with van der Waals surface area (Å²) >= 11 is 0. The van der Waals surface area contributed by atoms with Crippen molar-refractivity contribution in [2.24, 2.45) is 0 Å². The molecule has 0 bridgehead atoms. The SMILES string of the molecule is COc1ccc(C(=CC(=O)O)c2ccccc2)cc1. The predicted octanol–water partition coefficient (Wildman–Crippen LogP) is 3.21. The summed E-state index contributed by atoms with van der Waals surface area (Å²) < 4.78 is 5.10. The van der Waals surface area contributed by atoms with Crippen LogP contribution in [0.15, 0.2) is 60.7 Å². The van der Waals surface area contributed by atoms with E-state index < -0.39 is 5.97 Å². The molecule has 0 aliphatic rings. The second kappa shape index (κ2) is 5.87. The number of hydrogen-bond acceptors (Lipinski definition) is 2. The highest BCUT2D eigenvalue weighted by Gasteiger charge is 2.07. The van der Waals surface area contributed by atoms with Gasteiger partial charge >= 0.3 is 5.97 Å². The standard InChI is InChI=1S/C16H14O3/c1-19-14-9-7-13(8-10-14)15(11-16(17)18)12-5-3-2-4-6-12/h2-11H,1H3,(H,17,18). The summed E-state index contributed by atoms with van der Waals surface area (Å²) in [5.41, 5.74) is 2.39. The third kappa shape index (κ3) is 3.22. The fraction of sp³-hybridized carbons (Fsp3) is 0.0625. The summed E-state index contributed by atoms with van der Waals surface area (Å²) in [6, 6.07) is 16.8. The molecule has 96 valence electrons. The minimum Gasteiger partial charge on any atom is -0.497 e. The number of ether oxygens (including phenoxy) is 1.